The number of carbonyl (C=O) groups is 1. The van der Waals surface area contributed by atoms with E-state index in [1.807, 2.05) is 45.0 Å². The van der Waals surface area contributed by atoms with Crippen molar-refractivity contribution in [3.8, 4) is 0 Å². The van der Waals surface area contributed by atoms with Gasteiger partial charge < -0.3 is 10.6 Å². The van der Waals surface area contributed by atoms with E-state index in [-0.39, 0.29) is 11.9 Å². The van der Waals surface area contributed by atoms with Crippen LogP contribution in [-0.2, 0) is 6.54 Å². The maximum Gasteiger partial charge on any atom is 0.272 e. The maximum atomic E-state index is 12.0. The Morgan fingerprint density at radius 2 is 1.90 bits per heavy atom. The van der Waals surface area contributed by atoms with E-state index in [9.17, 15) is 4.79 Å². The van der Waals surface area contributed by atoms with Gasteiger partial charge in [0, 0.05) is 12.6 Å². The predicted octanol–water partition coefficient (Wildman–Crippen LogP) is 2.54. The zero-order valence-electron chi connectivity index (χ0n) is 12.6. The summed E-state index contributed by atoms with van der Waals surface area (Å²) in [6.07, 6.45) is 0. The Kier molecular flexibility index (Phi) is 4.87. The highest BCUT2D eigenvalue weighted by Crippen LogP contribution is 2.07. The fraction of sp³-hybridized carbons (Fsp3) is 0.312. The number of nitrogens with one attached hydrogen (secondary N) is 2. The van der Waals surface area contributed by atoms with Crippen LogP contribution < -0.4 is 10.6 Å². The maximum absolute atomic E-state index is 12.0. The van der Waals surface area contributed by atoms with Crippen molar-refractivity contribution in [3.63, 3.8) is 0 Å². The molecule has 0 aliphatic rings. The fourth-order valence-corrected chi connectivity index (χ4v) is 1.90. The summed E-state index contributed by atoms with van der Waals surface area (Å²) in [5.41, 5.74) is 2.56. The van der Waals surface area contributed by atoms with Gasteiger partial charge in [0.05, 0.1) is 0 Å². The lowest BCUT2D eigenvalue weighted by molar-refractivity contribution is 0.0945. The molecule has 0 aliphatic carbocycles. The molecule has 1 aromatic carbocycles. The quantitative estimate of drug-likeness (QED) is 0.885. The van der Waals surface area contributed by atoms with E-state index in [1.54, 1.807) is 12.1 Å². The molecule has 0 bridgehead atoms. The summed E-state index contributed by atoms with van der Waals surface area (Å²) >= 11 is 0. The summed E-state index contributed by atoms with van der Waals surface area (Å²) in [4.78, 5) is 12.0. The SMILES string of the molecule is Cc1ccccc1CNC(=O)c1ccc(NC(C)C)nn1. The molecule has 0 spiro atoms. The van der Waals surface area contributed by atoms with Crippen molar-refractivity contribution in [2.45, 2.75) is 33.4 Å². The van der Waals surface area contributed by atoms with Crippen LogP contribution in [0.25, 0.3) is 0 Å². The molecule has 1 heterocycles. The average Bonchev–Trinajstić information content (AvgIpc) is 2.46. The van der Waals surface area contributed by atoms with Crippen LogP contribution >= 0.6 is 0 Å². The zero-order valence-corrected chi connectivity index (χ0v) is 12.6. The molecule has 5 heteroatoms. The zero-order chi connectivity index (χ0) is 15.2. The second kappa shape index (κ2) is 6.83. The molecule has 5 nitrogen and oxygen atoms in total. The average molecular weight is 284 g/mol. The Balaban J connectivity index is 1.96. The first-order valence-corrected chi connectivity index (χ1v) is 6.99. The van der Waals surface area contributed by atoms with E-state index in [2.05, 4.69) is 20.8 Å². The smallest absolute Gasteiger partial charge is 0.272 e. The van der Waals surface area contributed by atoms with Gasteiger partial charge in [0.1, 0.15) is 5.82 Å². The fourth-order valence-electron chi connectivity index (χ4n) is 1.90. The van der Waals surface area contributed by atoms with Crippen LogP contribution in [0.3, 0.4) is 0 Å². The number of nitrogens with zero attached hydrogens (tertiary/aromatic N) is 2. The highest BCUT2D eigenvalue weighted by Gasteiger charge is 2.08. The number of hydrogen-bond acceptors (Lipinski definition) is 4. The first kappa shape index (κ1) is 15.0. The van der Waals surface area contributed by atoms with Gasteiger partial charge in [-0.1, -0.05) is 24.3 Å². The van der Waals surface area contributed by atoms with Crippen LogP contribution in [0.2, 0.25) is 0 Å². The second-order valence-corrected chi connectivity index (χ2v) is 5.21. The summed E-state index contributed by atoms with van der Waals surface area (Å²) in [7, 11) is 0. The molecule has 0 saturated carbocycles. The molecule has 2 N–H and O–H groups in total. The van der Waals surface area contributed by atoms with Crippen LogP contribution in [0.1, 0.15) is 35.5 Å². The van der Waals surface area contributed by atoms with Crippen LogP contribution in [0, 0.1) is 6.92 Å². The normalized spacial score (nSPS) is 10.5. The van der Waals surface area contributed by atoms with Gasteiger partial charge in [-0.05, 0) is 44.0 Å². The van der Waals surface area contributed by atoms with E-state index in [4.69, 9.17) is 0 Å². The minimum atomic E-state index is -0.221. The topological polar surface area (TPSA) is 66.9 Å². The summed E-state index contributed by atoms with van der Waals surface area (Å²) in [6, 6.07) is 11.7. The van der Waals surface area contributed by atoms with Crippen molar-refractivity contribution < 1.29 is 4.79 Å². The van der Waals surface area contributed by atoms with Gasteiger partial charge in [-0.2, -0.15) is 0 Å². The Morgan fingerprint density at radius 1 is 1.14 bits per heavy atom. The van der Waals surface area contributed by atoms with E-state index in [0.717, 1.165) is 11.1 Å². The molecule has 2 rings (SSSR count). The number of aromatic nitrogens is 2. The molecular weight excluding hydrogens is 264 g/mol. The number of carbonyl (C=O) groups excluding carboxylic acids is 1. The molecule has 0 saturated heterocycles. The molecule has 110 valence electrons. The van der Waals surface area contributed by atoms with E-state index in [0.29, 0.717) is 18.1 Å². The minimum Gasteiger partial charge on any atom is -0.366 e. The third kappa shape index (κ3) is 4.27. The third-order valence-electron chi connectivity index (χ3n) is 3.03. The molecular formula is C16H20N4O. The number of anilines is 1. The largest absolute Gasteiger partial charge is 0.366 e. The number of hydrogen-bond donors (Lipinski definition) is 2. The second-order valence-electron chi connectivity index (χ2n) is 5.21. The molecule has 0 unspecified atom stereocenters. The van der Waals surface area contributed by atoms with Gasteiger partial charge in [0.2, 0.25) is 0 Å². The number of aryl methyl sites for hydroxylation is 1. The van der Waals surface area contributed by atoms with Crippen LogP contribution in [0.5, 0.6) is 0 Å². The number of rotatable bonds is 5. The number of benzene rings is 1. The van der Waals surface area contributed by atoms with Crippen molar-refractivity contribution in [2.75, 3.05) is 5.32 Å². The van der Waals surface area contributed by atoms with E-state index >= 15 is 0 Å². The van der Waals surface area contributed by atoms with Crippen LogP contribution in [0.15, 0.2) is 36.4 Å². The van der Waals surface area contributed by atoms with Gasteiger partial charge >= 0.3 is 0 Å². The van der Waals surface area contributed by atoms with Crippen LogP contribution in [0.4, 0.5) is 5.82 Å². The highest BCUT2D eigenvalue weighted by molar-refractivity contribution is 5.92. The molecule has 0 radical (unpaired) electrons. The molecule has 21 heavy (non-hydrogen) atoms. The predicted molar refractivity (Wildman–Crippen MR) is 83.1 cm³/mol. The summed E-state index contributed by atoms with van der Waals surface area (Å²) < 4.78 is 0. The van der Waals surface area contributed by atoms with Crippen molar-refractivity contribution in [2.24, 2.45) is 0 Å². The Bertz CT molecular complexity index is 608. The lowest BCUT2D eigenvalue weighted by Gasteiger charge is -2.09. The van der Waals surface area contributed by atoms with Crippen molar-refractivity contribution in [3.05, 3.63) is 53.2 Å². The van der Waals surface area contributed by atoms with Gasteiger partial charge in [-0.15, -0.1) is 10.2 Å². The molecule has 2 aromatic rings. The molecule has 0 fully saturated rings. The standard InChI is InChI=1S/C16H20N4O/c1-11(2)18-15-9-8-14(19-20-15)16(21)17-10-13-7-5-4-6-12(13)3/h4-9,11H,10H2,1-3H3,(H,17,21)(H,18,20). The monoisotopic (exact) mass is 284 g/mol. The Labute approximate surface area is 124 Å². The number of amides is 1. The van der Waals surface area contributed by atoms with Crippen molar-refractivity contribution >= 4 is 11.7 Å². The van der Waals surface area contributed by atoms with Crippen LogP contribution in [-0.4, -0.2) is 22.1 Å². The minimum absolute atomic E-state index is 0.221. The molecule has 1 amide bonds. The first-order valence-electron chi connectivity index (χ1n) is 6.99. The molecule has 1 aromatic heterocycles. The Hall–Kier alpha value is -2.43. The summed E-state index contributed by atoms with van der Waals surface area (Å²) in [5, 5.41) is 13.9. The molecule has 0 atom stereocenters. The lowest BCUT2D eigenvalue weighted by atomic mass is 10.1. The van der Waals surface area contributed by atoms with E-state index in [1.165, 1.54) is 0 Å². The van der Waals surface area contributed by atoms with Gasteiger partial charge in [-0.3, -0.25) is 4.79 Å². The van der Waals surface area contributed by atoms with Crippen molar-refractivity contribution in [1.82, 2.24) is 15.5 Å². The summed E-state index contributed by atoms with van der Waals surface area (Å²) in [6.45, 7) is 6.54. The highest BCUT2D eigenvalue weighted by atomic mass is 16.1. The van der Waals surface area contributed by atoms with Crippen molar-refractivity contribution in [1.29, 1.82) is 0 Å². The summed E-state index contributed by atoms with van der Waals surface area (Å²) in [5.74, 6) is 0.447. The van der Waals surface area contributed by atoms with Gasteiger partial charge in [-0.25, -0.2) is 0 Å². The molecule has 0 aliphatic heterocycles. The van der Waals surface area contributed by atoms with E-state index < -0.39 is 0 Å². The first-order chi connectivity index (χ1) is 10.1. The van der Waals surface area contributed by atoms with Gasteiger partial charge in [0.25, 0.3) is 5.91 Å². The lowest BCUT2D eigenvalue weighted by Crippen LogP contribution is -2.24. The van der Waals surface area contributed by atoms with Gasteiger partial charge in [0.15, 0.2) is 5.69 Å². The Morgan fingerprint density at radius 3 is 2.52 bits per heavy atom. The third-order valence-corrected chi connectivity index (χ3v) is 3.03.